The molecule has 2 heterocycles. The number of aliphatic imine (C=N–C) groups is 1. The normalized spacial score (nSPS) is 25.8. The maximum atomic E-state index is 12.9. The number of nitrogens with zero attached hydrogens (tertiary/aromatic N) is 1. The Morgan fingerprint density at radius 2 is 1.96 bits per heavy atom. The number of carbonyl (C=O) groups excluding carboxylic acids is 1. The van der Waals surface area contributed by atoms with Crippen molar-refractivity contribution in [2.24, 2.45) is 16.8 Å². The highest BCUT2D eigenvalue weighted by atomic mass is 16.5. The zero-order valence-electron chi connectivity index (χ0n) is 17.5. The maximum absolute atomic E-state index is 12.9. The summed E-state index contributed by atoms with van der Waals surface area (Å²) >= 11 is 0. The van der Waals surface area contributed by atoms with Gasteiger partial charge in [0.2, 0.25) is 5.90 Å². The number of hydrogen-bond donors (Lipinski definition) is 1. The van der Waals surface area contributed by atoms with Gasteiger partial charge in [-0.15, -0.1) is 0 Å². The van der Waals surface area contributed by atoms with Crippen LogP contribution in [0.15, 0.2) is 27.5 Å². The van der Waals surface area contributed by atoms with Crippen molar-refractivity contribution < 1.29 is 14.3 Å². The van der Waals surface area contributed by atoms with E-state index in [2.05, 4.69) is 26.1 Å². The molecule has 0 radical (unpaired) electrons. The van der Waals surface area contributed by atoms with Crippen LogP contribution in [0.25, 0.3) is 0 Å². The Morgan fingerprint density at radius 3 is 2.52 bits per heavy atom. The van der Waals surface area contributed by atoms with Crippen molar-refractivity contribution in [3.05, 3.63) is 22.5 Å². The molecular formula is C22H34N2O3. The van der Waals surface area contributed by atoms with Crippen molar-refractivity contribution in [3.63, 3.8) is 0 Å². The first-order valence-electron chi connectivity index (χ1n) is 10.5. The molecule has 27 heavy (non-hydrogen) atoms. The number of nitrogens with one attached hydrogen (secondary N) is 1. The molecule has 1 atom stereocenters. The molecule has 2 aliphatic heterocycles. The Morgan fingerprint density at radius 1 is 1.26 bits per heavy atom. The van der Waals surface area contributed by atoms with Crippen molar-refractivity contribution in [1.82, 2.24) is 5.32 Å². The molecule has 1 fully saturated rings. The van der Waals surface area contributed by atoms with Gasteiger partial charge >= 0.3 is 5.97 Å². The third-order valence-electron chi connectivity index (χ3n) is 5.86. The van der Waals surface area contributed by atoms with Crippen molar-refractivity contribution in [1.29, 1.82) is 0 Å². The molecule has 5 heteroatoms. The van der Waals surface area contributed by atoms with Gasteiger partial charge in [0.05, 0.1) is 17.7 Å². The summed E-state index contributed by atoms with van der Waals surface area (Å²) in [6, 6.07) is 0. The quantitative estimate of drug-likeness (QED) is 0.720. The van der Waals surface area contributed by atoms with E-state index in [1.165, 1.54) is 19.3 Å². The van der Waals surface area contributed by atoms with E-state index < -0.39 is 0 Å². The van der Waals surface area contributed by atoms with Gasteiger partial charge in [-0.3, -0.25) is 0 Å². The van der Waals surface area contributed by atoms with Crippen molar-refractivity contribution in [2.45, 2.75) is 78.7 Å². The van der Waals surface area contributed by atoms with Crippen LogP contribution in [0.4, 0.5) is 0 Å². The first kappa shape index (κ1) is 20.0. The topological polar surface area (TPSA) is 59.9 Å². The predicted molar refractivity (Wildman–Crippen MR) is 107 cm³/mol. The summed E-state index contributed by atoms with van der Waals surface area (Å²) in [7, 11) is 0. The number of esters is 1. The van der Waals surface area contributed by atoms with E-state index in [1.54, 1.807) is 0 Å². The lowest BCUT2D eigenvalue weighted by Crippen LogP contribution is -2.38. The van der Waals surface area contributed by atoms with Crippen LogP contribution in [0.3, 0.4) is 0 Å². The Balaban J connectivity index is 2.09. The van der Waals surface area contributed by atoms with E-state index in [0.717, 1.165) is 41.8 Å². The van der Waals surface area contributed by atoms with Gasteiger partial charge in [-0.1, -0.05) is 26.2 Å². The third-order valence-corrected chi connectivity index (χ3v) is 5.86. The molecule has 3 aliphatic rings. The van der Waals surface area contributed by atoms with Gasteiger partial charge in [-0.05, 0) is 52.9 Å². The zero-order chi connectivity index (χ0) is 19.6. The van der Waals surface area contributed by atoms with Gasteiger partial charge < -0.3 is 14.8 Å². The fourth-order valence-electron chi connectivity index (χ4n) is 4.62. The molecule has 0 saturated heterocycles. The molecule has 1 unspecified atom stereocenters. The van der Waals surface area contributed by atoms with Crippen LogP contribution in [0.5, 0.6) is 0 Å². The summed E-state index contributed by atoms with van der Waals surface area (Å²) in [6.45, 7) is 11.1. The minimum Gasteiger partial charge on any atom is -0.475 e. The lowest BCUT2D eigenvalue weighted by molar-refractivity contribution is -0.139. The monoisotopic (exact) mass is 374 g/mol. The highest BCUT2D eigenvalue weighted by molar-refractivity contribution is 6.01. The van der Waals surface area contributed by atoms with Crippen LogP contribution in [-0.2, 0) is 14.3 Å². The third kappa shape index (κ3) is 4.07. The molecule has 3 rings (SSSR count). The number of hydrogen-bond acceptors (Lipinski definition) is 5. The van der Waals surface area contributed by atoms with Crippen LogP contribution >= 0.6 is 0 Å². The molecule has 1 aliphatic carbocycles. The highest BCUT2D eigenvalue weighted by Crippen LogP contribution is 2.44. The lowest BCUT2D eigenvalue weighted by Gasteiger charge is -2.38. The Kier molecular flexibility index (Phi) is 5.97. The average Bonchev–Trinajstić information content (AvgIpc) is 3.00. The van der Waals surface area contributed by atoms with Gasteiger partial charge in [0.1, 0.15) is 6.61 Å². The van der Waals surface area contributed by atoms with Gasteiger partial charge in [0.25, 0.3) is 0 Å². The summed E-state index contributed by atoms with van der Waals surface area (Å²) in [5, 5.41) is 3.48. The Hall–Kier alpha value is -1.78. The van der Waals surface area contributed by atoms with Gasteiger partial charge in [0.15, 0.2) is 0 Å². The molecule has 0 aromatic carbocycles. The number of carbonyl (C=O) groups is 1. The van der Waals surface area contributed by atoms with E-state index in [9.17, 15) is 4.79 Å². The molecule has 0 aromatic rings. The molecular weight excluding hydrogens is 340 g/mol. The minimum atomic E-state index is -0.224. The second-order valence-electron chi connectivity index (χ2n) is 8.52. The second-order valence-corrected chi connectivity index (χ2v) is 8.52. The average molecular weight is 375 g/mol. The molecule has 0 amide bonds. The molecule has 0 spiro atoms. The predicted octanol–water partition coefficient (Wildman–Crippen LogP) is 4.49. The van der Waals surface area contributed by atoms with E-state index in [-0.39, 0.29) is 17.4 Å². The fourth-order valence-corrected chi connectivity index (χ4v) is 4.62. The Bertz CT molecular complexity index is 682. The smallest absolute Gasteiger partial charge is 0.336 e. The van der Waals surface area contributed by atoms with E-state index in [4.69, 9.17) is 14.5 Å². The lowest BCUT2D eigenvalue weighted by atomic mass is 9.70. The first-order valence-corrected chi connectivity index (χ1v) is 10.5. The summed E-state index contributed by atoms with van der Waals surface area (Å²) in [5.74, 6) is 0.952. The minimum absolute atomic E-state index is 0.00759. The van der Waals surface area contributed by atoms with Crippen LogP contribution in [0.2, 0.25) is 0 Å². The summed E-state index contributed by atoms with van der Waals surface area (Å²) in [6.07, 6.45) is 6.85. The van der Waals surface area contributed by atoms with Crippen LogP contribution in [0, 0.1) is 11.8 Å². The zero-order valence-corrected chi connectivity index (χ0v) is 17.5. The molecule has 1 N–H and O–H groups in total. The molecule has 150 valence electrons. The van der Waals surface area contributed by atoms with Crippen LogP contribution in [0.1, 0.15) is 73.1 Å². The standard InChI is InChI=1S/C22H34N2O3/c1-6-16-19(20-24-22(4,5)13-27-20)18(15-11-9-8-10-12-15)17(14(3)23-16)21(25)26-7-2/h15,18,23H,6-13H2,1-5H3. The van der Waals surface area contributed by atoms with Gasteiger partial charge in [-0.2, -0.15) is 0 Å². The molecule has 5 nitrogen and oxygen atoms in total. The molecule has 1 saturated carbocycles. The van der Waals surface area contributed by atoms with Gasteiger partial charge in [0, 0.05) is 22.9 Å². The Labute approximate surface area is 163 Å². The summed E-state index contributed by atoms with van der Waals surface area (Å²) in [5.41, 5.74) is 3.68. The largest absolute Gasteiger partial charge is 0.475 e. The number of rotatable bonds is 5. The highest BCUT2D eigenvalue weighted by Gasteiger charge is 2.43. The first-order chi connectivity index (χ1) is 12.9. The van der Waals surface area contributed by atoms with Crippen molar-refractivity contribution in [2.75, 3.05) is 13.2 Å². The molecule has 0 aromatic heterocycles. The van der Waals surface area contributed by atoms with E-state index in [0.29, 0.717) is 25.0 Å². The second kappa shape index (κ2) is 8.07. The van der Waals surface area contributed by atoms with E-state index >= 15 is 0 Å². The number of ether oxygens (including phenoxy) is 2. The summed E-state index contributed by atoms with van der Waals surface area (Å²) in [4.78, 5) is 17.8. The summed E-state index contributed by atoms with van der Waals surface area (Å²) < 4.78 is 11.5. The SMILES string of the molecule is CCOC(=O)C1=C(C)NC(CC)=C(C2=NC(C)(C)CO2)C1C1CCCCC1. The number of allylic oxidation sites excluding steroid dienone is 2. The molecule has 0 bridgehead atoms. The van der Waals surface area contributed by atoms with Gasteiger partial charge in [-0.25, -0.2) is 9.79 Å². The maximum Gasteiger partial charge on any atom is 0.336 e. The van der Waals surface area contributed by atoms with Crippen molar-refractivity contribution >= 4 is 11.9 Å². The van der Waals surface area contributed by atoms with Crippen LogP contribution in [-0.4, -0.2) is 30.6 Å². The van der Waals surface area contributed by atoms with Crippen LogP contribution < -0.4 is 5.32 Å². The fraction of sp³-hybridized carbons (Fsp3) is 0.727. The van der Waals surface area contributed by atoms with E-state index in [1.807, 2.05) is 13.8 Å². The van der Waals surface area contributed by atoms with Crippen molar-refractivity contribution in [3.8, 4) is 0 Å². The number of dihydropyridines is 1.